The number of carboxylic acid groups (broad SMARTS) is 1. The van der Waals surface area contributed by atoms with Gasteiger partial charge in [0.1, 0.15) is 0 Å². The highest BCUT2D eigenvalue weighted by Crippen LogP contribution is 2.42. The Bertz CT molecular complexity index is 648. The van der Waals surface area contributed by atoms with Gasteiger partial charge in [0.15, 0.2) is 5.16 Å². The SMILES string of the molecule is Cc1cc(C)nc(SCC(=O)N2C[C@H]3COCC[C@@]3(C(=O)O)C2)n1. The average Bonchev–Trinajstić information content (AvgIpc) is 2.93. The minimum absolute atomic E-state index is 0.0715. The number of hydrogen-bond donors (Lipinski definition) is 1. The Kier molecular flexibility index (Phi) is 4.78. The highest BCUT2D eigenvalue weighted by atomic mass is 32.2. The van der Waals surface area contributed by atoms with Crippen LogP contribution in [0.25, 0.3) is 0 Å². The Hall–Kier alpha value is -1.67. The molecular formula is C16H21N3O4S. The Morgan fingerprint density at radius 1 is 1.42 bits per heavy atom. The van der Waals surface area contributed by atoms with Crippen LogP contribution in [-0.2, 0) is 14.3 Å². The van der Waals surface area contributed by atoms with E-state index >= 15 is 0 Å². The molecule has 2 atom stereocenters. The fourth-order valence-electron chi connectivity index (χ4n) is 3.47. The Morgan fingerprint density at radius 2 is 2.12 bits per heavy atom. The molecular weight excluding hydrogens is 330 g/mol. The molecule has 130 valence electrons. The fraction of sp³-hybridized carbons (Fsp3) is 0.625. The number of amides is 1. The van der Waals surface area contributed by atoms with Crippen molar-refractivity contribution in [1.29, 1.82) is 0 Å². The van der Waals surface area contributed by atoms with Crippen molar-refractivity contribution in [1.82, 2.24) is 14.9 Å². The van der Waals surface area contributed by atoms with Gasteiger partial charge in [-0.3, -0.25) is 9.59 Å². The molecule has 3 rings (SSSR count). The summed E-state index contributed by atoms with van der Waals surface area (Å²) < 4.78 is 5.42. The molecule has 8 heteroatoms. The van der Waals surface area contributed by atoms with Gasteiger partial charge in [-0.2, -0.15) is 0 Å². The second kappa shape index (κ2) is 6.68. The van der Waals surface area contributed by atoms with Crippen LogP contribution in [0, 0.1) is 25.2 Å². The normalized spacial score (nSPS) is 26.2. The summed E-state index contributed by atoms with van der Waals surface area (Å²) in [6, 6.07) is 1.88. The molecule has 1 N–H and O–H groups in total. The maximum atomic E-state index is 12.5. The molecule has 1 amide bonds. The number of aryl methyl sites for hydroxylation is 2. The summed E-state index contributed by atoms with van der Waals surface area (Å²) in [5, 5.41) is 10.2. The third kappa shape index (κ3) is 3.25. The number of likely N-dealkylation sites (tertiary alicyclic amines) is 1. The lowest BCUT2D eigenvalue weighted by Crippen LogP contribution is -2.45. The van der Waals surface area contributed by atoms with Gasteiger partial charge in [0.25, 0.3) is 0 Å². The topological polar surface area (TPSA) is 92.6 Å². The van der Waals surface area contributed by atoms with Crippen LogP contribution in [0.3, 0.4) is 0 Å². The largest absolute Gasteiger partial charge is 0.481 e. The molecule has 2 fully saturated rings. The zero-order valence-corrected chi connectivity index (χ0v) is 14.6. The van der Waals surface area contributed by atoms with Gasteiger partial charge in [0.2, 0.25) is 5.91 Å². The third-order valence-corrected chi connectivity index (χ3v) is 5.60. The van der Waals surface area contributed by atoms with E-state index in [-0.39, 0.29) is 24.1 Å². The van der Waals surface area contributed by atoms with Crippen LogP contribution >= 0.6 is 11.8 Å². The predicted molar refractivity (Wildman–Crippen MR) is 87.8 cm³/mol. The van der Waals surface area contributed by atoms with E-state index in [0.717, 1.165) is 11.4 Å². The van der Waals surface area contributed by atoms with Crippen LogP contribution in [0.2, 0.25) is 0 Å². The molecule has 3 heterocycles. The summed E-state index contributed by atoms with van der Waals surface area (Å²) in [5.74, 6) is -0.809. The Balaban J connectivity index is 1.64. The molecule has 0 unspecified atom stereocenters. The lowest BCUT2D eigenvalue weighted by Gasteiger charge is -2.33. The second-order valence-electron chi connectivity index (χ2n) is 6.48. The van der Waals surface area contributed by atoms with Crippen molar-refractivity contribution in [3.8, 4) is 0 Å². The van der Waals surface area contributed by atoms with Crippen molar-refractivity contribution in [3.05, 3.63) is 17.5 Å². The average molecular weight is 351 g/mol. The number of hydrogen-bond acceptors (Lipinski definition) is 6. The summed E-state index contributed by atoms with van der Waals surface area (Å²) in [5.41, 5.74) is 0.882. The van der Waals surface area contributed by atoms with Crippen molar-refractivity contribution in [2.75, 3.05) is 32.1 Å². The van der Waals surface area contributed by atoms with E-state index in [1.165, 1.54) is 11.8 Å². The summed E-state index contributed by atoms with van der Waals surface area (Å²) in [4.78, 5) is 34.6. The molecule has 0 radical (unpaired) electrons. The van der Waals surface area contributed by atoms with E-state index in [2.05, 4.69) is 9.97 Å². The molecule has 0 aliphatic carbocycles. The highest BCUT2D eigenvalue weighted by Gasteiger charge is 2.54. The van der Waals surface area contributed by atoms with E-state index in [4.69, 9.17) is 4.74 Å². The standard InChI is InChI=1S/C16H21N3O4S/c1-10-5-11(2)18-15(17-10)24-8-13(20)19-6-12-7-23-4-3-16(12,9-19)14(21)22/h5,12H,3-4,6-9H2,1-2H3,(H,21,22)/t12-,16+/m0/s1. The Morgan fingerprint density at radius 3 is 2.75 bits per heavy atom. The van der Waals surface area contributed by atoms with Crippen molar-refractivity contribution < 1.29 is 19.4 Å². The van der Waals surface area contributed by atoms with Gasteiger partial charge in [-0.05, 0) is 26.3 Å². The summed E-state index contributed by atoms with van der Waals surface area (Å²) in [6.07, 6.45) is 0.462. The molecule has 2 aliphatic heterocycles. The molecule has 7 nitrogen and oxygen atoms in total. The van der Waals surface area contributed by atoms with Crippen LogP contribution in [0.1, 0.15) is 17.8 Å². The quantitative estimate of drug-likeness (QED) is 0.642. The van der Waals surface area contributed by atoms with Gasteiger partial charge in [0.05, 0.1) is 17.8 Å². The van der Waals surface area contributed by atoms with E-state index in [0.29, 0.717) is 31.3 Å². The van der Waals surface area contributed by atoms with Crippen LogP contribution in [0.4, 0.5) is 0 Å². The van der Waals surface area contributed by atoms with E-state index < -0.39 is 11.4 Å². The number of ether oxygens (including phenoxy) is 1. The first-order valence-electron chi connectivity index (χ1n) is 7.95. The second-order valence-corrected chi connectivity index (χ2v) is 7.42. The first kappa shape index (κ1) is 17.2. The fourth-order valence-corrected chi connectivity index (χ4v) is 4.32. The maximum absolute atomic E-state index is 12.5. The number of aromatic nitrogens is 2. The monoisotopic (exact) mass is 351 g/mol. The van der Waals surface area contributed by atoms with Crippen molar-refractivity contribution in [3.63, 3.8) is 0 Å². The van der Waals surface area contributed by atoms with Gasteiger partial charge in [-0.25, -0.2) is 9.97 Å². The zero-order valence-electron chi connectivity index (χ0n) is 13.8. The van der Waals surface area contributed by atoms with Crippen LogP contribution in [0.15, 0.2) is 11.2 Å². The van der Waals surface area contributed by atoms with E-state index in [1.807, 2.05) is 19.9 Å². The number of nitrogens with zero attached hydrogens (tertiary/aromatic N) is 3. The number of thioether (sulfide) groups is 1. The third-order valence-electron chi connectivity index (χ3n) is 4.77. The van der Waals surface area contributed by atoms with Crippen LogP contribution < -0.4 is 0 Å². The minimum atomic E-state index is -0.852. The number of aliphatic carboxylic acids is 1. The lowest BCUT2D eigenvalue weighted by atomic mass is 9.74. The predicted octanol–water partition coefficient (Wildman–Crippen LogP) is 1.14. The van der Waals surface area contributed by atoms with Gasteiger partial charge >= 0.3 is 5.97 Å². The van der Waals surface area contributed by atoms with Gasteiger partial charge in [0, 0.05) is 37.0 Å². The molecule has 24 heavy (non-hydrogen) atoms. The number of carbonyl (C=O) groups excluding carboxylic acids is 1. The Labute approximate surface area is 144 Å². The van der Waals surface area contributed by atoms with Gasteiger partial charge in [-0.1, -0.05) is 11.8 Å². The van der Waals surface area contributed by atoms with Crippen LogP contribution in [0.5, 0.6) is 0 Å². The summed E-state index contributed by atoms with van der Waals surface area (Å²) >= 11 is 1.29. The van der Waals surface area contributed by atoms with Crippen molar-refractivity contribution in [2.45, 2.75) is 25.4 Å². The van der Waals surface area contributed by atoms with Crippen molar-refractivity contribution in [2.24, 2.45) is 11.3 Å². The van der Waals surface area contributed by atoms with Gasteiger partial charge < -0.3 is 14.7 Å². The summed E-state index contributed by atoms with van der Waals surface area (Å²) in [6.45, 7) is 5.34. The van der Waals surface area contributed by atoms with E-state index in [1.54, 1.807) is 4.90 Å². The number of rotatable bonds is 4. The molecule has 0 saturated carbocycles. The maximum Gasteiger partial charge on any atom is 0.311 e. The molecule has 2 saturated heterocycles. The lowest BCUT2D eigenvalue weighted by molar-refractivity contribution is -0.157. The highest BCUT2D eigenvalue weighted by molar-refractivity contribution is 7.99. The van der Waals surface area contributed by atoms with Crippen molar-refractivity contribution >= 4 is 23.6 Å². The molecule has 1 aromatic heterocycles. The van der Waals surface area contributed by atoms with Gasteiger partial charge in [-0.15, -0.1) is 0 Å². The molecule has 1 aromatic rings. The van der Waals surface area contributed by atoms with Crippen LogP contribution in [-0.4, -0.2) is 63.9 Å². The summed E-state index contributed by atoms with van der Waals surface area (Å²) in [7, 11) is 0. The molecule has 0 aromatic carbocycles. The molecule has 2 aliphatic rings. The number of carbonyl (C=O) groups is 2. The number of carboxylic acids is 1. The molecule has 0 spiro atoms. The minimum Gasteiger partial charge on any atom is -0.481 e. The van der Waals surface area contributed by atoms with E-state index in [9.17, 15) is 14.7 Å². The molecule has 0 bridgehead atoms. The zero-order chi connectivity index (χ0) is 17.3. The first-order valence-corrected chi connectivity index (χ1v) is 8.93. The number of fused-ring (bicyclic) bond motifs is 1. The first-order chi connectivity index (χ1) is 11.4. The smallest absolute Gasteiger partial charge is 0.311 e.